The van der Waals surface area contributed by atoms with E-state index in [1.807, 2.05) is 43.0 Å². The third-order valence-corrected chi connectivity index (χ3v) is 8.56. The molecule has 0 unspecified atom stereocenters. The summed E-state index contributed by atoms with van der Waals surface area (Å²) in [4.78, 5) is 32.5. The van der Waals surface area contributed by atoms with Crippen molar-refractivity contribution >= 4 is 23.2 Å². The van der Waals surface area contributed by atoms with E-state index in [4.69, 9.17) is 0 Å². The lowest BCUT2D eigenvalue weighted by atomic mass is 9.85. The van der Waals surface area contributed by atoms with Crippen molar-refractivity contribution in [3.8, 4) is 0 Å². The number of benzene rings is 2. The minimum Gasteiger partial charge on any atom is -0.330 e. The molecule has 0 spiro atoms. The molecule has 1 aliphatic rings. The maximum atomic E-state index is 13.9. The van der Waals surface area contributed by atoms with Gasteiger partial charge in [-0.1, -0.05) is 77.9 Å². The molecule has 2 amide bonds. The quantitative estimate of drug-likeness (QED) is 0.346. The van der Waals surface area contributed by atoms with Crippen molar-refractivity contribution in [2.75, 3.05) is 13.1 Å². The van der Waals surface area contributed by atoms with E-state index < -0.39 is 0 Å². The fraction of sp³-hybridized carbons (Fsp3) is 0.455. The Hall–Kier alpha value is -2.92. The Labute approximate surface area is 232 Å². The summed E-state index contributed by atoms with van der Waals surface area (Å²) >= 11 is 1.77. The minimum atomic E-state index is -0.137. The van der Waals surface area contributed by atoms with Crippen molar-refractivity contribution in [2.24, 2.45) is 0 Å². The summed E-state index contributed by atoms with van der Waals surface area (Å²) in [5.41, 5.74) is 5.48. The number of hydrogen-bond acceptors (Lipinski definition) is 3. The maximum Gasteiger partial charge on any atom is 0.254 e. The number of nitrogens with zero attached hydrogens (tertiary/aromatic N) is 2. The van der Waals surface area contributed by atoms with Gasteiger partial charge < -0.3 is 9.80 Å². The van der Waals surface area contributed by atoms with Gasteiger partial charge in [0, 0.05) is 23.0 Å². The van der Waals surface area contributed by atoms with Crippen LogP contribution in [-0.2, 0) is 22.0 Å². The third kappa shape index (κ3) is 5.88. The summed E-state index contributed by atoms with van der Waals surface area (Å²) in [7, 11) is 0. The van der Waals surface area contributed by atoms with Gasteiger partial charge in [0.15, 0.2) is 0 Å². The predicted molar refractivity (Wildman–Crippen MR) is 158 cm³/mol. The van der Waals surface area contributed by atoms with Crippen LogP contribution in [0.4, 0.5) is 0 Å². The van der Waals surface area contributed by atoms with Crippen LogP contribution < -0.4 is 0 Å². The Morgan fingerprint density at radius 1 is 0.895 bits per heavy atom. The summed E-state index contributed by atoms with van der Waals surface area (Å²) < 4.78 is 0. The van der Waals surface area contributed by atoms with Gasteiger partial charge in [0.05, 0.1) is 6.04 Å². The molecule has 5 heteroatoms. The van der Waals surface area contributed by atoms with E-state index in [1.54, 1.807) is 16.2 Å². The Bertz CT molecular complexity index is 1270. The Balaban J connectivity index is 1.60. The maximum absolute atomic E-state index is 13.9. The fourth-order valence-electron chi connectivity index (χ4n) is 5.11. The van der Waals surface area contributed by atoms with Gasteiger partial charge in [-0.05, 0) is 76.9 Å². The van der Waals surface area contributed by atoms with Crippen LogP contribution in [0.15, 0.2) is 60.0 Å². The molecule has 3 aromatic rings. The topological polar surface area (TPSA) is 40.6 Å². The number of fused-ring (bicyclic) bond motifs is 1. The number of hydrogen-bond donors (Lipinski definition) is 0. The van der Waals surface area contributed by atoms with E-state index >= 15 is 0 Å². The van der Waals surface area contributed by atoms with Gasteiger partial charge in [-0.3, -0.25) is 9.59 Å². The number of carbonyl (C=O) groups is 2. The van der Waals surface area contributed by atoms with Crippen LogP contribution in [-0.4, -0.2) is 40.7 Å². The first-order chi connectivity index (χ1) is 17.8. The lowest BCUT2D eigenvalue weighted by Crippen LogP contribution is -2.48. The molecular formula is C33H42N2O2S. The normalized spacial score (nSPS) is 15.9. The molecule has 1 aromatic heterocycles. The molecule has 0 radical (unpaired) electrons. The SMILES string of the molecule is CC(C)N(CC(=O)N1CCc2sccc2[C@@H]1c1ccc(C(C)(C)C)cc1)C(=O)c1ccc(C(C)(C)C)cc1. The first-order valence-electron chi connectivity index (χ1n) is 13.6. The molecule has 2 aromatic carbocycles. The Kier molecular flexibility index (Phi) is 7.90. The Morgan fingerprint density at radius 2 is 1.45 bits per heavy atom. The van der Waals surface area contributed by atoms with Crippen molar-refractivity contribution < 1.29 is 9.59 Å². The van der Waals surface area contributed by atoms with Gasteiger partial charge >= 0.3 is 0 Å². The van der Waals surface area contributed by atoms with E-state index in [1.165, 1.54) is 21.6 Å². The molecule has 0 saturated heterocycles. The summed E-state index contributed by atoms with van der Waals surface area (Å²) in [6, 6.07) is 18.4. The highest BCUT2D eigenvalue weighted by Gasteiger charge is 2.35. The molecule has 0 N–H and O–H groups in total. The van der Waals surface area contributed by atoms with Crippen molar-refractivity contribution in [3.63, 3.8) is 0 Å². The van der Waals surface area contributed by atoms with Crippen LogP contribution in [0.3, 0.4) is 0 Å². The van der Waals surface area contributed by atoms with Crippen LogP contribution in [0.2, 0.25) is 0 Å². The molecule has 38 heavy (non-hydrogen) atoms. The first-order valence-corrected chi connectivity index (χ1v) is 14.5. The zero-order chi connectivity index (χ0) is 27.8. The van der Waals surface area contributed by atoms with Crippen molar-refractivity contribution in [1.82, 2.24) is 9.80 Å². The summed E-state index contributed by atoms with van der Waals surface area (Å²) in [6.45, 7) is 17.8. The average molecular weight is 531 g/mol. The molecule has 1 aliphatic heterocycles. The Morgan fingerprint density at radius 3 is 1.97 bits per heavy atom. The fourth-order valence-corrected chi connectivity index (χ4v) is 6.02. The predicted octanol–water partition coefficient (Wildman–Crippen LogP) is 7.37. The minimum absolute atomic E-state index is 0.0138. The first kappa shape index (κ1) is 28.1. The molecule has 202 valence electrons. The summed E-state index contributed by atoms with van der Waals surface area (Å²) in [5, 5.41) is 2.13. The molecule has 2 heterocycles. The molecule has 0 bridgehead atoms. The van der Waals surface area contributed by atoms with Crippen molar-refractivity contribution in [3.05, 3.63) is 92.7 Å². The van der Waals surface area contributed by atoms with Crippen LogP contribution in [0.25, 0.3) is 0 Å². The number of amides is 2. The second-order valence-corrected chi connectivity index (χ2v) is 13.8. The van der Waals surface area contributed by atoms with Gasteiger partial charge in [-0.25, -0.2) is 0 Å². The highest BCUT2D eigenvalue weighted by molar-refractivity contribution is 7.10. The number of rotatable bonds is 5. The molecular weight excluding hydrogens is 488 g/mol. The molecule has 1 atom stereocenters. The van der Waals surface area contributed by atoms with Crippen molar-refractivity contribution in [2.45, 2.75) is 84.7 Å². The lowest BCUT2D eigenvalue weighted by molar-refractivity contribution is -0.134. The van der Waals surface area contributed by atoms with Gasteiger partial charge in [-0.15, -0.1) is 11.3 Å². The summed E-state index contributed by atoms with van der Waals surface area (Å²) in [6.07, 6.45) is 0.846. The molecule has 4 rings (SSSR count). The zero-order valence-electron chi connectivity index (χ0n) is 24.2. The van der Waals surface area contributed by atoms with E-state index in [0.717, 1.165) is 12.0 Å². The van der Waals surface area contributed by atoms with Gasteiger partial charge in [0.25, 0.3) is 5.91 Å². The van der Waals surface area contributed by atoms with E-state index in [9.17, 15) is 9.59 Å². The smallest absolute Gasteiger partial charge is 0.254 e. The highest BCUT2D eigenvalue weighted by atomic mass is 32.1. The van der Waals surface area contributed by atoms with E-state index in [0.29, 0.717) is 12.1 Å². The van der Waals surface area contributed by atoms with Crippen LogP contribution >= 0.6 is 11.3 Å². The van der Waals surface area contributed by atoms with Crippen LogP contribution in [0.5, 0.6) is 0 Å². The number of carbonyl (C=O) groups excluding carboxylic acids is 2. The zero-order valence-corrected chi connectivity index (χ0v) is 25.0. The van der Waals surface area contributed by atoms with Crippen molar-refractivity contribution in [1.29, 1.82) is 0 Å². The van der Waals surface area contributed by atoms with E-state index in [2.05, 4.69) is 77.3 Å². The monoisotopic (exact) mass is 530 g/mol. The van der Waals surface area contributed by atoms with Crippen LogP contribution in [0, 0.1) is 0 Å². The number of thiophene rings is 1. The van der Waals surface area contributed by atoms with Crippen LogP contribution in [0.1, 0.15) is 98.9 Å². The summed E-state index contributed by atoms with van der Waals surface area (Å²) in [5.74, 6) is -0.117. The third-order valence-electron chi connectivity index (χ3n) is 7.57. The van der Waals surface area contributed by atoms with E-state index in [-0.39, 0.29) is 41.3 Å². The lowest BCUT2D eigenvalue weighted by Gasteiger charge is -2.38. The highest BCUT2D eigenvalue weighted by Crippen LogP contribution is 2.38. The van der Waals surface area contributed by atoms with Gasteiger partial charge in [0.1, 0.15) is 6.54 Å². The molecule has 4 nitrogen and oxygen atoms in total. The standard InChI is InChI=1S/C33H42N2O2S/c1-22(2)35(31(37)24-11-15-26(16-12-24)33(6,7)8)21-29(36)34-19-17-28-27(18-20-38-28)30(34)23-9-13-25(14-10-23)32(3,4)5/h9-16,18,20,22,30H,17,19,21H2,1-8H3/t30-/m0/s1. The molecule has 0 fully saturated rings. The molecule has 0 saturated carbocycles. The molecule has 0 aliphatic carbocycles. The second kappa shape index (κ2) is 10.7. The van der Waals surface area contributed by atoms with Gasteiger partial charge in [0.2, 0.25) is 5.91 Å². The second-order valence-electron chi connectivity index (χ2n) is 12.8. The van der Waals surface area contributed by atoms with Gasteiger partial charge in [-0.2, -0.15) is 0 Å². The largest absolute Gasteiger partial charge is 0.330 e. The average Bonchev–Trinajstić information content (AvgIpc) is 3.34.